The number of ether oxygens (including phenoxy) is 1. The second kappa shape index (κ2) is 5.99. The van der Waals surface area contributed by atoms with Gasteiger partial charge in [0.1, 0.15) is 11.4 Å². The molecule has 0 saturated heterocycles. The summed E-state index contributed by atoms with van der Waals surface area (Å²) in [5.41, 5.74) is -0.454. The molecule has 1 aliphatic rings. The minimum Gasteiger partial charge on any atom is -0.460 e. The SMILES string of the molecule is CC(C)(C)OC(=O)[C@H]1CC[C@H](C(=O)CC#N)CC1. The molecule has 1 aliphatic carbocycles. The summed E-state index contributed by atoms with van der Waals surface area (Å²) in [7, 11) is 0. The lowest BCUT2D eigenvalue weighted by Crippen LogP contribution is -2.32. The molecule has 0 heterocycles. The third kappa shape index (κ3) is 4.48. The first-order valence-electron chi connectivity index (χ1n) is 6.46. The molecular formula is C14H21NO3. The predicted octanol–water partition coefficient (Wildman–Crippen LogP) is 2.62. The highest BCUT2D eigenvalue weighted by atomic mass is 16.6. The molecule has 18 heavy (non-hydrogen) atoms. The average Bonchev–Trinajstić information content (AvgIpc) is 2.27. The van der Waals surface area contributed by atoms with Gasteiger partial charge in [-0.25, -0.2) is 0 Å². The summed E-state index contributed by atoms with van der Waals surface area (Å²) >= 11 is 0. The van der Waals surface area contributed by atoms with Gasteiger partial charge < -0.3 is 4.74 Å². The van der Waals surface area contributed by atoms with E-state index < -0.39 is 5.60 Å². The Hall–Kier alpha value is -1.37. The van der Waals surface area contributed by atoms with E-state index in [9.17, 15) is 9.59 Å². The number of carbonyl (C=O) groups excluding carboxylic acids is 2. The van der Waals surface area contributed by atoms with Crippen LogP contribution in [0.5, 0.6) is 0 Å². The first-order valence-corrected chi connectivity index (χ1v) is 6.46. The maximum absolute atomic E-state index is 11.9. The summed E-state index contributed by atoms with van der Waals surface area (Å²) in [6, 6.07) is 1.89. The lowest BCUT2D eigenvalue weighted by molar-refractivity contribution is -0.161. The first kappa shape index (κ1) is 14.7. The van der Waals surface area contributed by atoms with Crippen molar-refractivity contribution < 1.29 is 14.3 Å². The summed E-state index contributed by atoms with van der Waals surface area (Å²) in [5.74, 6) is -0.271. The van der Waals surface area contributed by atoms with Crippen LogP contribution in [0.4, 0.5) is 0 Å². The zero-order valence-electron chi connectivity index (χ0n) is 11.4. The largest absolute Gasteiger partial charge is 0.460 e. The Labute approximate surface area is 108 Å². The van der Waals surface area contributed by atoms with Crippen LogP contribution in [0.15, 0.2) is 0 Å². The summed E-state index contributed by atoms with van der Waals surface area (Å²) in [4.78, 5) is 23.4. The van der Waals surface area contributed by atoms with Gasteiger partial charge in [0.2, 0.25) is 0 Å². The molecule has 0 spiro atoms. The quantitative estimate of drug-likeness (QED) is 0.723. The molecular weight excluding hydrogens is 230 g/mol. The monoisotopic (exact) mass is 251 g/mol. The molecule has 0 aliphatic heterocycles. The topological polar surface area (TPSA) is 67.2 Å². The maximum Gasteiger partial charge on any atom is 0.309 e. The van der Waals surface area contributed by atoms with Crippen LogP contribution < -0.4 is 0 Å². The third-order valence-corrected chi connectivity index (χ3v) is 3.18. The second-order valence-corrected chi connectivity index (χ2v) is 5.88. The fraction of sp³-hybridized carbons (Fsp3) is 0.786. The van der Waals surface area contributed by atoms with E-state index in [1.54, 1.807) is 0 Å². The smallest absolute Gasteiger partial charge is 0.309 e. The molecule has 0 aromatic rings. The van der Waals surface area contributed by atoms with Gasteiger partial charge >= 0.3 is 5.97 Å². The molecule has 1 rings (SSSR count). The Morgan fingerprint density at radius 1 is 1.17 bits per heavy atom. The number of rotatable bonds is 3. The Balaban J connectivity index is 2.42. The fourth-order valence-electron chi connectivity index (χ4n) is 2.26. The highest BCUT2D eigenvalue weighted by molar-refractivity contribution is 5.83. The van der Waals surface area contributed by atoms with Crippen LogP contribution >= 0.6 is 0 Å². The highest BCUT2D eigenvalue weighted by Gasteiger charge is 2.32. The van der Waals surface area contributed by atoms with Crippen LogP contribution in [0.1, 0.15) is 52.9 Å². The zero-order valence-corrected chi connectivity index (χ0v) is 11.4. The van der Waals surface area contributed by atoms with Crippen molar-refractivity contribution in [2.24, 2.45) is 11.8 Å². The lowest BCUT2D eigenvalue weighted by Gasteiger charge is -2.28. The van der Waals surface area contributed by atoms with E-state index in [1.807, 2.05) is 26.8 Å². The number of esters is 1. The number of ketones is 1. The molecule has 0 unspecified atom stereocenters. The standard InChI is InChI=1S/C14H21NO3/c1-14(2,3)18-13(17)11-6-4-10(5-7-11)12(16)8-9-15/h10-11H,4-8H2,1-3H3/t10-,11-. The van der Waals surface area contributed by atoms with Gasteiger partial charge in [-0.15, -0.1) is 0 Å². The second-order valence-electron chi connectivity index (χ2n) is 5.88. The van der Waals surface area contributed by atoms with E-state index in [2.05, 4.69) is 0 Å². The third-order valence-electron chi connectivity index (χ3n) is 3.18. The van der Waals surface area contributed by atoms with Crippen LogP contribution in [0.2, 0.25) is 0 Å². The summed E-state index contributed by atoms with van der Waals surface area (Å²) in [6.07, 6.45) is 2.77. The Bertz CT molecular complexity index is 354. The van der Waals surface area contributed by atoms with Crippen molar-refractivity contribution in [2.75, 3.05) is 0 Å². The first-order chi connectivity index (χ1) is 8.33. The van der Waals surface area contributed by atoms with Crippen molar-refractivity contribution in [1.29, 1.82) is 5.26 Å². The lowest BCUT2D eigenvalue weighted by atomic mass is 9.79. The molecule has 4 heteroatoms. The van der Waals surface area contributed by atoms with Gasteiger partial charge in [0.15, 0.2) is 0 Å². The van der Waals surface area contributed by atoms with Crippen LogP contribution in [-0.2, 0) is 14.3 Å². The van der Waals surface area contributed by atoms with Crippen LogP contribution in [0.25, 0.3) is 0 Å². The Morgan fingerprint density at radius 2 is 1.67 bits per heavy atom. The normalized spacial score (nSPS) is 24.1. The summed E-state index contributed by atoms with van der Waals surface area (Å²) < 4.78 is 5.34. The van der Waals surface area contributed by atoms with Crippen molar-refractivity contribution >= 4 is 11.8 Å². The van der Waals surface area contributed by atoms with Crippen LogP contribution in [-0.4, -0.2) is 17.4 Å². The number of hydrogen-bond acceptors (Lipinski definition) is 4. The molecule has 0 amide bonds. The molecule has 4 nitrogen and oxygen atoms in total. The average molecular weight is 251 g/mol. The molecule has 0 atom stereocenters. The van der Waals surface area contributed by atoms with E-state index in [4.69, 9.17) is 10.00 Å². The molecule has 0 bridgehead atoms. The molecule has 1 saturated carbocycles. The molecule has 100 valence electrons. The van der Waals surface area contributed by atoms with Gasteiger partial charge in [0, 0.05) is 5.92 Å². The summed E-state index contributed by atoms with van der Waals surface area (Å²) in [6.45, 7) is 5.56. The van der Waals surface area contributed by atoms with Gasteiger partial charge in [-0.05, 0) is 46.5 Å². The van der Waals surface area contributed by atoms with Crippen molar-refractivity contribution in [3.63, 3.8) is 0 Å². The number of hydrogen-bond donors (Lipinski definition) is 0. The Kier molecular flexibility index (Phi) is 4.89. The van der Waals surface area contributed by atoms with E-state index in [-0.39, 0.29) is 30.0 Å². The van der Waals surface area contributed by atoms with Gasteiger partial charge in [0.25, 0.3) is 0 Å². The van der Waals surface area contributed by atoms with Gasteiger partial charge in [-0.2, -0.15) is 5.26 Å². The molecule has 0 aromatic carbocycles. The van der Waals surface area contributed by atoms with Crippen molar-refractivity contribution in [3.05, 3.63) is 0 Å². The minimum absolute atomic E-state index is 0.0121. The number of carbonyl (C=O) groups is 2. The van der Waals surface area contributed by atoms with Gasteiger partial charge in [-0.1, -0.05) is 0 Å². The van der Waals surface area contributed by atoms with E-state index in [0.29, 0.717) is 25.7 Å². The van der Waals surface area contributed by atoms with Crippen LogP contribution in [0, 0.1) is 23.2 Å². The predicted molar refractivity (Wildman–Crippen MR) is 66.5 cm³/mol. The molecule has 1 fully saturated rings. The Morgan fingerprint density at radius 3 is 2.11 bits per heavy atom. The van der Waals surface area contributed by atoms with Gasteiger partial charge in [-0.3, -0.25) is 9.59 Å². The highest BCUT2D eigenvalue weighted by Crippen LogP contribution is 2.31. The van der Waals surface area contributed by atoms with E-state index in [1.165, 1.54) is 0 Å². The molecule has 0 radical (unpaired) electrons. The summed E-state index contributed by atoms with van der Waals surface area (Å²) in [5, 5.41) is 8.49. The minimum atomic E-state index is -0.454. The number of Topliss-reactive ketones (excluding diaryl/α,β-unsaturated/α-hetero) is 1. The molecule has 0 N–H and O–H groups in total. The van der Waals surface area contributed by atoms with Crippen LogP contribution in [0.3, 0.4) is 0 Å². The van der Waals surface area contributed by atoms with Gasteiger partial charge in [0.05, 0.1) is 18.4 Å². The van der Waals surface area contributed by atoms with E-state index >= 15 is 0 Å². The molecule has 0 aromatic heterocycles. The van der Waals surface area contributed by atoms with Crippen molar-refractivity contribution in [2.45, 2.75) is 58.5 Å². The number of nitriles is 1. The van der Waals surface area contributed by atoms with E-state index in [0.717, 1.165) is 0 Å². The zero-order chi connectivity index (χ0) is 13.8. The van der Waals surface area contributed by atoms with Crippen molar-refractivity contribution in [1.82, 2.24) is 0 Å². The fourth-order valence-corrected chi connectivity index (χ4v) is 2.26. The van der Waals surface area contributed by atoms with Crippen molar-refractivity contribution in [3.8, 4) is 6.07 Å². The number of nitrogens with zero attached hydrogens (tertiary/aromatic N) is 1. The maximum atomic E-state index is 11.9.